The van der Waals surface area contributed by atoms with E-state index in [2.05, 4.69) is 206 Å². The minimum atomic E-state index is 0.905. The van der Waals surface area contributed by atoms with E-state index in [9.17, 15) is 0 Å². The molecule has 0 bridgehead atoms. The van der Waals surface area contributed by atoms with E-state index in [1.54, 1.807) is 0 Å². The number of hydrogen-bond donors (Lipinski definition) is 0. The summed E-state index contributed by atoms with van der Waals surface area (Å²) in [5.41, 5.74) is 11.6. The Kier molecular flexibility index (Phi) is 7.24. The third kappa shape index (κ3) is 4.98. The summed E-state index contributed by atoms with van der Waals surface area (Å²) in [6, 6.07) is 75.9. The molecule has 11 aromatic carbocycles. The van der Waals surface area contributed by atoms with Crippen molar-refractivity contribution in [1.82, 2.24) is 0 Å². The zero-order chi connectivity index (χ0) is 39.3. The molecule has 13 aromatic rings. The highest BCUT2D eigenvalue weighted by Crippen LogP contribution is 2.49. The molecule has 0 amide bonds. The number of hydrogen-bond acceptors (Lipinski definition) is 2. The number of furan rings is 1. The second kappa shape index (κ2) is 13.0. The number of thiophene rings is 1. The number of fused-ring (bicyclic) bond motifs is 11. The fraction of sp³-hybridized carbons (Fsp3) is 0. The zero-order valence-electron chi connectivity index (χ0n) is 32.4. The lowest BCUT2D eigenvalue weighted by Crippen LogP contribution is -1.93. The number of rotatable bonds is 4. The fourth-order valence-electron chi connectivity index (χ4n) is 9.99. The summed E-state index contributed by atoms with van der Waals surface area (Å²) in [4.78, 5) is 0. The summed E-state index contributed by atoms with van der Waals surface area (Å²) in [6.07, 6.45) is 0. The predicted octanol–water partition coefficient (Wildman–Crippen LogP) is 17.2. The third-order valence-corrected chi connectivity index (χ3v) is 13.8. The van der Waals surface area contributed by atoms with E-state index in [4.69, 9.17) is 4.42 Å². The molecule has 0 fully saturated rings. The molecule has 0 saturated heterocycles. The molecular weight excluding hydrogens is 745 g/mol. The minimum Gasteiger partial charge on any atom is -0.456 e. The molecule has 2 heterocycles. The molecule has 0 aliphatic carbocycles. The van der Waals surface area contributed by atoms with Gasteiger partial charge in [-0.2, -0.15) is 0 Å². The topological polar surface area (TPSA) is 13.1 Å². The van der Waals surface area contributed by atoms with E-state index in [1.165, 1.54) is 113 Å². The van der Waals surface area contributed by atoms with Crippen LogP contribution in [0.5, 0.6) is 0 Å². The van der Waals surface area contributed by atoms with Gasteiger partial charge in [-0.05, 0) is 136 Å². The van der Waals surface area contributed by atoms with Gasteiger partial charge >= 0.3 is 0 Å². The van der Waals surface area contributed by atoms with Crippen LogP contribution in [0.2, 0.25) is 0 Å². The summed E-state index contributed by atoms with van der Waals surface area (Å²) in [5, 5.41) is 14.8. The van der Waals surface area contributed by atoms with Gasteiger partial charge in [-0.15, -0.1) is 11.3 Å². The average molecular weight is 779 g/mol. The summed E-state index contributed by atoms with van der Waals surface area (Å²) < 4.78 is 9.20. The SMILES string of the molecule is c1ccc(-c2cc(-c3c4ccccc4c(-c4ccc5oc6ccc7sc8ccccc8c7c6c5c4)c4cc(-c5cccc6ccccc56)ccc34)cc3ccccc23)cc1. The van der Waals surface area contributed by atoms with E-state index in [1.807, 2.05) is 11.3 Å². The van der Waals surface area contributed by atoms with Gasteiger partial charge in [0, 0.05) is 30.9 Å². The van der Waals surface area contributed by atoms with Crippen LogP contribution in [0.3, 0.4) is 0 Å². The largest absolute Gasteiger partial charge is 0.456 e. The highest BCUT2D eigenvalue weighted by Gasteiger charge is 2.21. The molecule has 0 radical (unpaired) electrons. The van der Waals surface area contributed by atoms with Crippen LogP contribution in [0, 0.1) is 0 Å². The summed E-state index contributed by atoms with van der Waals surface area (Å²) in [6.45, 7) is 0. The van der Waals surface area contributed by atoms with Crippen LogP contribution in [0.1, 0.15) is 0 Å². The van der Waals surface area contributed by atoms with Crippen molar-refractivity contribution >= 4 is 96.5 Å². The van der Waals surface area contributed by atoms with E-state index >= 15 is 0 Å². The van der Waals surface area contributed by atoms with Gasteiger partial charge in [0.25, 0.3) is 0 Å². The van der Waals surface area contributed by atoms with Gasteiger partial charge in [-0.1, -0.05) is 158 Å². The van der Waals surface area contributed by atoms with Crippen molar-refractivity contribution in [3.05, 3.63) is 206 Å². The molecule has 13 rings (SSSR count). The lowest BCUT2D eigenvalue weighted by atomic mass is 9.83. The van der Waals surface area contributed by atoms with Crippen LogP contribution < -0.4 is 0 Å². The summed E-state index contributed by atoms with van der Waals surface area (Å²) in [5.74, 6) is 0. The number of benzene rings is 11. The van der Waals surface area contributed by atoms with Crippen molar-refractivity contribution in [2.24, 2.45) is 0 Å². The Morgan fingerprint density at radius 1 is 0.283 bits per heavy atom. The molecule has 0 atom stereocenters. The highest BCUT2D eigenvalue weighted by molar-refractivity contribution is 7.26. The monoisotopic (exact) mass is 778 g/mol. The van der Waals surface area contributed by atoms with Crippen LogP contribution in [0.15, 0.2) is 211 Å². The Labute approximate surface area is 350 Å². The van der Waals surface area contributed by atoms with Crippen LogP contribution in [0.4, 0.5) is 0 Å². The molecule has 0 unspecified atom stereocenters. The van der Waals surface area contributed by atoms with Crippen LogP contribution in [-0.4, -0.2) is 0 Å². The first kappa shape index (κ1) is 33.5. The normalized spacial score (nSPS) is 12.0. The van der Waals surface area contributed by atoms with Crippen LogP contribution in [-0.2, 0) is 0 Å². The summed E-state index contributed by atoms with van der Waals surface area (Å²) >= 11 is 1.85. The van der Waals surface area contributed by atoms with Gasteiger partial charge in [0.1, 0.15) is 11.2 Å². The van der Waals surface area contributed by atoms with Gasteiger partial charge in [0.2, 0.25) is 0 Å². The average Bonchev–Trinajstić information content (AvgIpc) is 3.88. The Morgan fingerprint density at radius 3 is 1.73 bits per heavy atom. The van der Waals surface area contributed by atoms with E-state index < -0.39 is 0 Å². The molecule has 2 aromatic heterocycles. The third-order valence-electron chi connectivity index (χ3n) is 12.6. The smallest absolute Gasteiger partial charge is 0.136 e. The second-order valence-corrected chi connectivity index (χ2v) is 17.0. The fourth-order valence-corrected chi connectivity index (χ4v) is 11.1. The van der Waals surface area contributed by atoms with Gasteiger partial charge in [-0.3, -0.25) is 0 Å². The van der Waals surface area contributed by atoms with Gasteiger partial charge < -0.3 is 4.42 Å². The molecule has 0 N–H and O–H groups in total. The Balaban J connectivity index is 1.16. The van der Waals surface area contributed by atoms with Gasteiger partial charge in [-0.25, -0.2) is 0 Å². The molecular formula is C58H34OS. The maximum Gasteiger partial charge on any atom is 0.136 e. The minimum absolute atomic E-state index is 0.905. The Bertz CT molecular complexity index is 3880. The maximum atomic E-state index is 6.63. The quantitative estimate of drug-likeness (QED) is 0.162. The molecule has 0 saturated carbocycles. The van der Waals surface area contributed by atoms with Crippen molar-refractivity contribution in [3.63, 3.8) is 0 Å². The standard InChI is InChI=1S/C58H34OS/c1-2-13-36(14-3-1)48-34-40(31-37-16-5-7-19-43(37)48)56-45-21-9-8-20-44(45)55(49-32-38(25-27-46(49)56)42-23-12-17-35-15-4-6-18-41(35)42)39-26-28-51-50(33-39)57-52(59-51)29-30-54-58(57)47-22-10-11-24-53(47)60-54/h1-34H. The van der Waals surface area contributed by atoms with Crippen molar-refractivity contribution in [3.8, 4) is 44.5 Å². The van der Waals surface area contributed by atoms with Crippen molar-refractivity contribution in [2.75, 3.05) is 0 Å². The first-order valence-electron chi connectivity index (χ1n) is 20.6. The molecule has 0 aliphatic rings. The Morgan fingerprint density at radius 2 is 0.900 bits per heavy atom. The Hall–Kier alpha value is -7.52. The van der Waals surface area contributed by atoms with E-state index in [-0.39, 0.29) is 0 Å². The molecule has 60 heavy (non-hydrogen) atoms. The lowest BCUT2D eigenvalue weighted by molar-refractivity contribution is 0.669. The van der Waals surface area contributed by atoms with Crippen molar-refractivity contribution in [2.45, 2.75) is 0 Å². The predicted molar refractivity (Wildman–Crippen MR) is 258 cm³/mol. The van der Waals surface area contributed by atoms with Crippen molar-refractivity contribution in [1.29, 1.82) is 0 Å². The molecule has 0 spiro atoms. The van der Waals surface area contributed by atoms with Gasteiger partial charge in [0.15, 0.2) is 0 Å². The van der Waals surface area contributed by atoms with E-state index in [0.717, 1.165) is 16.6 Å². The molecule has 0 aliphatic heterocycles. The van der Waals surface area contributed by atoms with Crippen LogP contribution >= 0.6 is 11.3 Å². The highest BCUT2D eigenvalue weighted by atomic mass is 32.1. The van der Waals surface area contributed by atoms with Gasteiger partial charge in [0.05, 0.1) is 0 Å². The van der Waals surface area contributed by atoms with Crippen molar-refractivity contribution < 1.29 is 4.42 Å². The molecule has 278 valence electrons. The second-order valence-electron chi connectivity index (χ2n) is 15.9. The first-order valence-corrected chi connectivity index (χ1v) is 21.4. The summed E-state index contributed by atoms with van der Waals surface area (Å²) in [7, 11) is 0. The lowest BCUT2D eigenvalue weighted by Gasteiger charge is -2.20. The van der Waals surface area contributed by atoms with Crippen LogP contribution in [0.25, 0.3) is 130 Å². The maximum absolute atomic E-state index is 6.63. The first-order chi connectivity index (χ1) is 29.7. The molecule has 2 heteroatoms. The van der Waals surface area contributed by atoms with E-state index in [0.29, 0.717) is 0 Å². The molecule has 1 nitrogen and oxygen atoms in total. The zero-order valence-corrected chi connectivity index (χ0v) is 33.3.